The van der Waals surface area contributed by atoms with Crippen LogP contribution in [0.5, 0.6) is 0 Å². The summed E-state index contributed by atoms with van der Waals surface area (Å²) in [6.45, 7) is 0. The van der Waals surface area contributed by atoms with E-state index in [1.165, 1.54) is 12.0 Å². The smallest absolute Gasteiger partial charge is 0.338 e. The fourth-order valence-corrected chi connectivity index (χ4v) is 2.81. The van der Waals surface area contributed by atoms with Gasteiger partial charge in [0.1, 0.15) is 0 Å². The van der Waals surface area contributed by atoms with E-state index in [9.17, 15) is 4.79 Å². The first kappa shape index (κ1) is 14.2. The van der Waals surface area contributed by atoms with Crippen LogP contribution in [0.4, 0.5) is 0 Å². The van der Waals surface area contributed by atoms with Crippen LogP contribution in [0, 0.1) is 0 Å². The summed E-state index contributed by atoms with van der Waals surface area (Å²) in [5.74, 6) is 0.458. The van der Waals surface area contributed by atoms with Crippen molar-refractivity contribution in [3.05, 3.63) is 64.1 Å². The summed E-state index contributed by atoms with van der Waals surface area (Å²) in [5.41, 5.74) is 1.62. The molecule has 98 valence electrons. The van der Waals surface area contributed by atoms with Crippen molar-refractivity contribution in [3.8, 4) is 0 Å². The van der Waals surface area contributed by atoms with E-state index in [0.717, 1.165) is 15.8 Å². The highest BCUT2D eigenvalue weighted by atomic mass is 79.9. The molecule has 2 aromatic carbocycles. The summed E-state index contributed by atoms with van der Waals surface area (Å²) < 4.78 is 5.85. The van der Waals surface area contributed by atoms with Crippen molar-refractivity contribution in [1.29, 1.82) is 0 Å². The second-order valence-electron chi connectivity index (χ2n) is 3.89. The topological polar surface area (TPSA) is 26.3 Å². The molecule has 0 spiro atoms. The molecule has 19 heavy (non-hydrogen) atoms. The normalized spacial score (nSPS) is 10.2. The molecule has 0 bridgehead atoms. The molecule has 0 unspecified atom stereocenters. The number of hydrogen-bond acceptors (Lipinski definition) is 3. The minimum Gasteiger partial charge on any atom is -0.465 e. The molecule has 0 aliphatic heterocycles. The van der Waals surface area contributed by atoms with Gasteiger partial charge in [0.2, 0.25) is 0 Å². The molecule has 4 heteroatoms. The van der Waals surface area contributed by atoms with Crippen LogP contribution in [-0.4, -0.2) is 13.1 Å². The number of carbonyl (C=O) groups excluding carboxylic acids is 1. The van der Waals surface area contributed by atoms with Crippen molar-refractivity contribution in [2.45, 2.75) is 10.6 Å². The monoisotopic (exact) mass is 336 g/mol. The van der Waals surface area contributed by atoms with Crippen molar-refractivity contribution >= 4 is 33.7 Å². The Labute approximate surface area is 125 Å². The largest absolute Gasteiger partial charge is 0.465 e. The Kier molecular flexibility index (Phi) is 5.05. The number of hydrogen-bond donors (Lipinski definition) is 0. The minimum absolute atomic E-state index is 0.285. The fourth-order valence-electron chi connectivity index (χ4n) is 1.65. The molecular weight excluding hydrogens is 324 g/mol. The highest BCUT2D eigenvalue weighted by Gasteiger charge is 2.10. The lowest BCUT2D eigenvalue weighted by molar-refractivity contribution is 0.0600. The third-order valence-corrected chi connectivity index (χ3v) is 4.22. The summed E-state index contributed by atoms with van der Waals surface area (Å²) >= 11 is 5.11. The highest BCUT2D eigenvalue weighted by Crippen LogP contribution is 2.26. The molecule has 0 fully saturated rings. The maximum absolute atomic E-state index is 11.7. The summed E-state index contributed by atoms with van der Waals surface area (Å²) in [6, 6.07) is 15.7. The third-order valence-electron chi connectivity index (χ3n) is 2.63. The van der Waals surface area contributed by atoms with Crippen molar-refractivity contribution in [2.24, 2.45) is 0 Å². The second kappa shape index (κ2) is 6.78. The summed E-state index contributed by atoms with van der Waals surface area (Å²) in [4.78, 5) is 12.8. The van der Waals surface area contributed by atoms with Gasteiger partial charge in [0, 0.05) is 15.1 Å². The molecule has 0 atom stereocenters. The Morgan fingerprint density at radius 3 is 2.53 bits per heavy atom. The van der Waals surface area contributed by atoms with Gasteiger partial charge in [-0.05, 0) is 35.9 Å². The van der Waals surface area contributed by atoms with E-state index in [1.807, 2.05) is 30.3 Å². The zero-order valence-electron chi connectivity index (χ0n) is 10.4. The van der Waals surface area contributed by atoms with Crippen molar-refractivity contribution < 1.29 is 9.53 Å². The quantitative estimate of drug-likeness (QED) is 0.606. The van der Waals surface area contributed by atoms with Crippen LogP contribution in [0.25, 0.3) is 0 Å². The second-order valence-corrected chi connectivity index (χ2v) is 5.86. The summed E-state index contributed by atoms with van der Waals surface area (Å²) in [6.07, 6.45) is 0. The lowest BCUT2D eigenvalue weighted by Gasteiger charge is -2.07. The number of esters is 1. The lowest BCUT2D eigenvalue weighted by atomic mass is 10.1. The van der Waals surface area contributed by atoms with Crippen LogP contribution >= 0.6 is 27.7 Å². The number of carbonyl (C=O) groups is 1. The maximum Gasteiger partial charge on any atom is 0.338 e. The lowest BCUT2D eigenvalue weighted by Crippen LogP contribution is -2.04. The fraction of sp³-hybridized carbons (Fsp3) is 0.133. The molecule has 0 aromatic heterocycles. The molecule has 0 saturated heterocycles. The standard InChI is InChI=1S/C15H13BrO2S/c1-18-15(17)14-5-3-2-4-11(14)10-19-13-8-6-12(16)7-9-13/h2-9H,10H2,1H3. The number of ether oxygens (including phenoxy) is 1. The van der Waals surface area contributed by atoms with Crippen LogP contribution in [0.3, 0.4) is 0 Å². The Morgan fingerprint density at radius 1 is 1.16 bits per heavy atom. The SMILES string of the molecule is COC(=O)c1ccccc1CSc1ccc(Br)cc1. The Bertz CT molecular complexity index is 567. The van der Waals surface area contributed by atoms with Gasteiger partial charge >= 0.3 is 5.97 Å². The van der Waals surface area contributed by atoms with E-state index in [0.29, 0.717) is 5.56 Å². The predicted octanol–water partition coefficient (Wildman–Crippen LogP) is 4.53. The van der Waals surface area contributed by atoms with Crippen LogP contribution in [0.2, 0.25) is 0 Å². The van der Waals surface area contributed by atoms with Gasteiger partial charge in [0.15, 0.2) is 0 Å². The average molecular weight is 337 g/mol. The number of methoxy groups -OCH3 is 1. The molecule has 0 aliphatic rings. The van der Waals surface area contributed by atoms with Crippen molar-refractivity contribution in [3.63, 3.8) is 0 Å². The van der Waals surface area contributed by atoms with Crippen LogP contribution in [0.1, 0.15) is 15.9 Å². The molecule has 2 aromatic rings. The molecule has 0 saturated carbocycles. The van der Waals surface area contributed by atoms with Crippen molar-refractivity contribution in [1.82, 2.24) is 0 Å². The van der Waals surface area contributed by atoms with Crippen LogP contribution in [0.15, 0.2) is 57.9 Å². The Balaban J connectivity index is 2.11. The number of thioether (sulfide) groups is 1. The first-order chi connectivity index (χ1) is 9.20. The highest BCUT2D eigenvalue weighted by molar-refractivity contribution is 9.10. The van der Waals surface area contributed by atoms with Gasteiger partial charge in [-0.1, -0.05) is 34.1 Å². The number of halogens is 1. The van der Waals surface area contributed by atoms with Gasteiger partial charge in [0.25, 0.3) is 0 Å². The van der Waals surface area contributed by atoms with Crippen LogP contribution in [-0.2, 0) is 10.5 Å². The first-order valence-electron chi connectivity index (χ1n) is 5.75. The predicted molar refractivity (Wildman–Crippen MR) is 81.5 cm³/mol. The number of benzene rings is 2. The molecule has 0 aliphatic carbocycles. The van der Waals surface area contributed by atoms with Gasteiger partial charge in [-0.25, -0.2) is 4.79 Å². The summed E-state index contributed by atoms with van der Waals surface area (Å²) in [7, 11) is 1.40. The molecule has 0 N–H and O–H groups in total. The molecular formula is C15H13BrO2S. The zero-order chi connectivity index (χ0) is 13.7. The van der Waals surface area contributed by atoms with Gasteiger partial charge < -0.3 is 4.74 Å². The van der Waals surface area contributed by atoms with Gasteiger partial charge in [0.05, 0.1) is 12.7 Å². The van der Waals surface area contributed by atoms with E-state index in [-0.39, 0.29) is 5.97 Å². The maximum atomic E-state index is 11.7. The van der Waals surface area contributed by atoms with Gasteiger partial charge in [-0.15, -0.1) is 11.8 Å². The van der Waals surface area contributed by atoms with Crippen LogP contribution < -0.4 is 0 Å². The minimum atomic E-state index is -0.285. The van der Waals surface area contributed by atoms with E-state index >= 15 is 0 Å². The zero-order valence-corrected chi connectivity index (χ0v) is 12.8. The Hall–Kier alpha value is -1.26. The third kappa shape index (κ3) is 3.85. The van der Waals surface area contributed by atoms with E-state index in [1.54, 1.807) is 17.8 Å². The first-order valence-corrected chi connectivity index (χ1v) is 7.53. The molecule has 0 amide bonds. The Morgan fingerprint density at radius 2 is 1.84 bits per heavy atom. The van der Waals surface area contributed by atoms with Crippen molar-refractivity contribution in [2.75, 3.05) is 7.11 Å². The average Bonchev–Trinajstić information content (AvgIpc) is 2.46. The number of rotatable bonds is 4. The molecule has 2 nitrogen and oxygen atoms in total. The van der Waals surface area contributed by atoms with Gasteiger partial charge in [-0.3, -0.25) is 0 Å². The molecule has 2 rings (SSSR count). The summed E-state index contributed by atoms with van der Waals surface area (Å²) in [5, 5.41) is 0. The van der Waals surface area contributed by atoms with E-state index < -0.39 is 0 Å². The molecule has 0 heterocycles. The van der Waals surface area contributed by atoms with E-state index in [2.05, 4.69) is 28.1 Å². The van der Waals surface area contributed by atoms with Gasteiger partial charge in [-0.2, -0.15) is 0 Å². The molecule has 0 radical (unpaired) electrons. The van der Waals surface area contributed by atoms with E-state index in [4.69, 9.17) is 4.74 Å².